The second-order valence-electron chi connectivity index (χ2n) is 5.34. The van der Waals surface area contributed by atoms with Crippen LogP contribution in [0.1, 0.15) is 37.7 Å². The normalized spacial score (nSPS) is 16.8. The van der Waals surface area contributed by atoms with Crippen LogP contribution in [0.5, 0.6) is 11.5 Å². The van der Waals surface area contributed by atoms with Crippen molar-refractivity contribution in [3.8, 4) is 11.5 Å². The third-order valence-electron chi connectivity index (χ3n) is 3.94. The van der Waals surface area contributed by atoms with E-state index >= 15 is 0 Å². The molecule has 0 aromatic heterocycles. The summed E-state index contributed by atoms with van der Waals surface area (Å²) in [7, 11) is 3.70. The SMILES string of the molecule is COc1cc(CN(C)C2CCCCC2)cc(Cl)c1O. The van der Waals surface area contributed by atoms with E-state index in [1.54, 1.807) is 7.11 Å². The maximum atomic E-state index is 9.73. The van der Waals surface area contributed by atoms with Crippen LogP contribution in [0, 0.1) is 0 Å². The number of phenols is 1. The van der Waals surface area contributed by atoms with Crippen LogP contribution in [0.25, 0.3) is 0 Å². The average Bonchev–Trinajstić information content (AvgIpc) is 2.43. The van der Waals surface area contributed by atoms with Gasteiger partial charge in [0.05, 0.1) is 12.1 Å². The molecule has 1 fully saturated rings. The molecule has 3 nitrogen and oxygen atoms in total. The molecule has 1 aliphatic carbocycles. The summed E-state index contributed by atoms with van der Waals surface area (Å²) >= 11 is 6.02. The molecule has 2 rings (SSSR count). The summed E-state index contributed by atoms with van der Waals surface area (Å²) in [4.78, 5) is 2.38. The molecule has 106 valence electrons. The molecular formula is C15H22ClNO2. The van der Waals surface area contributed by atoms with E-state index in [1.807, 2.05) is 12.1 Å². The summed E-state index contributed by atoms with van der Waals surface area (Å²) in [6, 6.07) is 4.34. The molecule has 1 aromatic rings. The highest BCUT2D eigenvalue weighted by Crippen LogP contribution is 2.35. The smallest absolute Gasteiger partial charge is 0.176 e. The van der Waals surface area contributed by atoms with Crippen LogP contribution >= 0.6 is 11.6 Å². The third-order valence-corrected chi connectivity index (χ3v) is 4.23. The highest BCUT2D eigenvalue weighted by molar-refractivity contribution is 6.32. The number of nitrogens with zero attached hydrogens (tertiary/aromatic N) is 1. The number of hydrogen-bond acceptors (Lipinski definition) is 3. The van der Waals surface area contributed by atoms with E-state index in [1.165, 1.54) is 32.1 Å². The fourth-order valence-corrected chi connectivity index (χ4v) is 3.05. The van der Waals surface area contributed by atoms with E-state index in [0.717, 1.165) is 12.1 Å². The zero-order valence-electron chi connectivity index (χ0n) is 11.7. The Kier molecular flexibility index (Phi) is 4.94. The molecule has 1 N–H and O–H groups in total. The standard InChI is InChI=1S/C15H22ClNO2/c1-17(12-6-4-3-5-7-12)10-11-8-13(16)15(18)14(9-11)19-2/h8-9,12,18H,3-7,10H2,1-2H3. The zero-order chi connectivity index (χ0) is 13.8. The molecule has 0 unspecified atom stereocenters. The molecule has 4 heteroatoms. The molecule has 0 bridgehead atoms. The highest BCUT2D eigenvalue weighted by Gasteiger charge is 2.19. The molecule has 1 saturated carbocycles. The summed E-state index contributed by atoms with van der Waals surface area (Å²) in [5, 5.41) is 10.1. The fourth-order valence-electron chi connectivity index (χ4n) is 2.81. The Morgan fingerprint density at radius 3 is 2.63 bits per heavy atom. The van der Waals surface area contributed by atoms with Crippen LogP contribution in [0.15, 0.2) is 12.1 Å². The molecular weight excluding hydrogens is 262 g/mol. The van der Waals surface area contributed by atoms with Crippen molar-refractivity contribution < 1.29 is 9.84 Å². The van der Waals surface area contributed by atoms with E-state index in [9.17, 15) is 5.11 Å². The maximum Gasteiger partial charge on any atom is 0.176 e. The molecule has 0 saturated heterocycles. The molecule has 1 aliphatic rings. The number of hydrogen-bond donors (Lipinski definition) is 1. The monoisotopic (exact) mass is 283 g/mol. The Labute approximate surface area is 120 Å². The molecule has 1 aromatic carbocycles. The molecule has 0 radical (unpaired) electrons. The number of halogens is 1. The number of rotatable bonds is 4. The predicted octanol–water partition coefficient (Wildman–Crippen LogP) is 3.82. The van der Waals surface area contributed by atoms with Crippen LogP contribution < -0.4 is 4.74 Å². The predicted molar refractivity (Wildman–Crippen MR) is 78.0 cm³/mol. The minimum absolute atomic E-state index is 0.0215. The van der Waals surface area contributed by atoms with Gasteiger partial charge in [-0.05, 0) is 37.6 Å². The van der Waals surface area contributed by atoms with Gasteiger partial charge >= 0.3 is 0 Å². The Balaban J connectivity index is 2.07. The Morgan fingerprint density at radius 2 is 2.00 bits per heavy atom. The van der Waals surface area contributed by atoms with Crippen molar-refractivity contribution in [1.82, 2.24) is 4.90 Å². The summed E-state index contributed by atoms with van der Waals surface area (Å²) in [6.07, 6.45) is 6.57. The van der Waals surface area contributed by atoms with Gasteiger partial charge in [0.2, 0.25) is 0 Å². The Hall–Kier alpha value is -0.930. The molecule has 19 heavy (non-hydrogen) atoms. The highest BCUT2D eigenvalue weighted by atomic mass is 35.5. The van der Waals surface area contributed by atoms with E-state index in [-0.39, 0.29) is 5.75 Å². The first-order valence-corrected chi connectivity index (χ1v) is 7.25. The van der Waals surface area contributed by atoms with E-state index in [2.05, 4.69) is 11.9 Å². The molecule has 0 spiro atoms. The van der Waals surface area contributed by atoms with Crippen LogP contribution in [0.3, 0.4) is 0 Å². The van der Waals surface area contributed by atoms with Crippen molar-refractivity contribution in [3.05, 3.63) is 22.7 Å². The first-order valence-electron chi connectivity index (χ1n) is 6.87. The van der Waals surface area contributed by atoms with Crippen molar-refractivity contribution >= 4 is 11.6 Å². The first-order chi connectivity index (χ1) is 9.11. The summed E-state index contributed by atoms with van der Waals surface area (Å²) < 4.78 is 5.14. The summed E-state index contributed by atoms with van der Waals surface area (Å²) in [5.41, 5.74) is 1.08. The van der Waals surface area contributed by atoms with Crippen molar-refractivity contribution in [2.24, 2.45) is 0 Å². The lowest BCUT2D eigenvalue weighted by Gasteiger charge is -2.31. The van der Waals surface area contributed by atoms with Crippen molar-refractivity contribution in [2.75, 3.05) is 14.2 Å². The number of benzene rings is 1. The lowest BCUT2D eigenvalue weighted by molar-refractivity contribution is 0.184. The van der Waals surface area contributed by atoms with E-state index in [0.29, 0.717) is 16.8 Å². The average molecular weight is 284 g/mol. The van der Waals surface area contributed by atoms with Gasteiger partial charge in [0.1, 0.15) is 0 Å². The second kappa shape index (κ2) is 6.49. The van der Waals surface area contributed by atoms with Gasteiger partial charge in [0, 0.05) is 12.6 Å². The number of aromatic hydroxyl groups is 1. The minimum Gasteiger partial charge on any atom is -0.503 e. The molecule has 0 atom stereocenters. The number of ether oxygens (including phenoxy) is 1. The lowest BCUT2D eigenvalue weighted by Crippen LogP contribution is -2.32. The van der Waals surface area contributed by atoms with Crippen LogP contribution in [-0.4, -0.2) is 30.2 Å². The molecule has 0 amide bonds. The topological polar surface area (TPSA) is 32.7 Å². The van der Waals surface area contributed by atoms with Gasteiger partial charge in [-0.1, -0.05) is 30.9 Å². The minimum atomic E-state index is 0.0215. The zero-order valence-corrected chi connectivity index (χ0v) is 12.4. The summed E-state index contributed by atoms with van der Waals surface area (Å²) in [5.74, 6) is 0.466. The van der Waals surface area contributed by atoms with Gasteiger partial charge in [-0.25, -0.2) is 0 Å². The Bertz CT molecular complexity index is 430. The fraction of sp³-hybridized carbons (Fsp3) is 0.600. The third kappa shape index (κ3) is 3.54. The van der Waals surface area contributed by atoms with Gasteiger partial charge in [-0.2, -0.15) is 0 Å². The van der Waals surface area contributed by atoms with Crippen molar-refractivity contribution in [2.45, 2.75) is 44.7 Å². The van der Waals surface area contributed by atoms with Gasteiger partial charge < -0.3 is 9.84 Å². The largest absolute Gasteiger partial charge is 0.503 e. The quantitative estimate of drug-likeness (QED) is 0.912. The van der Waals surface area contributed by atoms with Crippen LogP contribution in [0.2, 0.25) is 5.02 Å². The van der Waals surface area contributed by atoms with E-state index in [4.69, 9.17) is 16.3 Å². The van der Waals surface area contributed by atoms with Gasteiger partial charge in [-0.3, -0.25) is 4.90 Å². The van der Waals surface area contributed by atoms with Crippen LogP contribution in [-0.2, 0) is 6.54 Å². The Morgan fingerprint density at radius 1 is 1.32 bits per heavy atom. The first kappa shape index (κ1) is 14.5. The van der Waals surface area contributed by atoms with E-state index < -0.39 is 0 Å². The van der Waals surface area contributed by atoms with Gasteiger partial charge in [0.15, 0.2) is 11.5 Å². The maximum absolute atomic E-state index is 9.73. The number of phenolic OH excluding ortho intramolecular Hbond substituents is 1. The van der Waals surface area contributed by atoms with Crippen molar-refractivity contribution in [3.63, 3.8) is 0 Å². The van der Waals surface area contributed by atoms with Crippen molar-refractivity contribution in [1.29, 1.82) is 0 Å². The second-order valence-corrected chi connectivity index (χ2v) is 5.74. The molecule has 0 aliphatic heterocycles. The number of methoxy groups -OCH3 is 1. The van der Waals surface area contributed by atoms with Crippen LogP contribution in [0.4, 0.5) is 0 Å². The molecule has 0 heterocycles. The summed E-state index contributed by atoms with van der Waals surface area (Å²) in [6.45, 7) is 0.834. The lowest BCUT2D eigenvalue weighted by atomic mass is 9.94. The van der Waals surface area contributed by atoms with Gasteiger partial charge in [-0.15, -0.1) is 0 Å². The van der Waals surface area contributed by atoms with Gasteiger partial charge in [0.25, 0.3) is 0 Å².